The lowest BCUT2D eigenvalue weighted by Gasteiger charge is -2.10. The first kappa shape index (κ1) is 13.1. The van der Waals surface area contributed by atoms with Gasteiger partial charge in [0, 0.05) is 5.69 Å². The lowest BCUT2D eigenvalue weighted by Crippen LogP contribution is -2.03. The molecule has 0 spiro atoms. The van der Waals surface area contributed by atoms with Crippen LogP contribution in [0.2, 0.25) is 0 Å². The third kappa shape index (κ3) is 2.10. The van der Waals surface area contributed by atoms with Gasteiger partial charge >= 0.3 is 0 Å². The molecule has 0 saturated carbocycles. The molecule has 5 nitrogen and oxygen atoms in total. The van der Waals surface area contributed by atoms with Gasteiger partial charge < -0.3 is 10.8 Å². The van der Waals surface area contributed by atoms with Crippen LogP contribution >= 0.6 is 0 Å². The SMILES string of the molecule is N#Cc1cc(F)ccc1-n1c(CO)nc2cc(N)ccc21. The highest BCUT2D eigenvalue weighted by Crippen LogP contribution is 2.25. The minimum atomic E-state index is -0.491. The predicted octanol–water partition coefficient (Wildman–Crippen LogP) is 2.11. The van der Waals surface area contributed by atoms with Crippen LogP contribution in [0.25, 0.3) is 16.7 Å². The number of imidazole rings is 1. The molecule has 0 atom stereocenters. The van der Waals surface area contributed by atoms with Gasteiger partial charge in [-0.3, -0.25) is 4.57 Å². The highest BCUT2D eigenvalue weighted by Gasteiger charge is 2.15. The van der Waals surface area contributed by atoms with E-state index in [2.05, 4.69) is 4.98 Å². The van der Waals surface area contributed by atoms with Gasteiger partial charge in [-0.05, 0) is 36.4 Å². The predicted molar refractivity (Wildman–Crippen MR) is 76.1 cm³/mol. The Hall–Kier alpha value is -2.91. The molecule has 1 aromatic heterocycles. The molecule has 1 heterocycles. The summed E-state index contributed by atoms with van der Waals surface area (Å²) in [5, 5.41) is 18.7. The van der Waals surface area contributed by atoms with E-state index in [9.17, 15) is 14.8 Å². The van der Waals surface area contributed by atoms with E-state index < -0.39 is 5.82 Å². The highest BCUT2D eigenvalue weighted by molar-refractivity contribution is 5.82. The lowest BCUT2D eigenvalue weighted by molar-refractivity contribution is 0.270. The standard InChI is InChI=1S/C15H11FN4O/c16-10-1-3-13(9(5-10)7-17)20-14-4-2-11(18)6-12(14)19-15(20)8-21/h1-6,21H,8,18H2. The maximum Gasteiger partial charge on any atom is 0.140 e. The summed E-state index contributed by atoms with van der Waals surface area (Å²) in [6.45, 7) is -0.309. The first-order chi connectivity index (χ1) is 10.1. The normalized spacial score (nSPS) is 10.7. The number of hydrogen-bond donors (Lipinski definition) is 2. The number of anilines is 1. The van der Waals surface area contributed by atoms with Crippen LogP contribution in [0.15, 0.2) is 36.4 Å². The van der Waals surface area contributed by atoms with E-state index >= 15 is 0 Å². The first-order valence-electron chi connectivity index (χ1n) is 6.22. The second-order valence-corrected chi connectivity index (χ2v) is 4.54. The number of aromatic nitrogens is 2. The number of nitriles is 1. The number of hydrogen-bond acceptors (Lipinski definition) is 4. The molecule has 0 bridgehead atoms. The van der Waals surface area contributed by atoms with Crippen LogP contribution in [0.4, 0.5) is 10.1 Å². The maximum absolute atomic E-state index is 13.3. The van der Waals surface area contributed by atoms with Crippen molar-refractivity contribution < 1.29 is 9.50 Å². The summed E-state index contributed by atoms with van der Waals surface area (Å²) in [5.74, 6) is -0.131. The van der Waals surface area contributed by atoms with Crippen LogP contribution in [0.1, 0.15) is 11.4 Å². The Morgan fingerprint density at radius 2 is 2.10 bits per heavy atom. The Balaban J connectivity index is 2.37. The van der Waals surface area contributed by atoms with Crippen molar-refractivity contribution in [1.82, 2.24) is 9.55 Å². The van der Waals surface area contributed by atoms with Crippen molar-refractivity contribution >= 4 is 16.7 Å². The van der Waals surface area contributed by atoms with Crippen LogP contribution in [-0.2, 0) is 6.61 Å². The molecule has 2 aromatic carbocycles. The summed E-state index contributed by atoms with van der Waals surface area (Å²) in [6.07, 6.45) is 0. The van der Waals surface area contributed by atoms with Crippen molar-refractivity contribution in [3.8, 4) is 11.8 Å². The number of nitrogen functional groups attached to an aromatic ring is 1. The number of benzene rings is 2. The third-order valence-electron chi connectivity index (χ3n) is 3.21. The molecule has 3 rings (SSSR count). The van der Waals surface area contributed by atoms with Gasteiger partial charge in [0.1, 0.15) is 24.3 Å². The van der Waals surface area contributed by atoms with Crippen LogP contribution in [0.3, 0.4) is 0 Å². The van der Waals surface area contributed by atoms with Gasteiger partial charge in [0.2, 0.25) is 0 Å². The van der Waals surface area contributed by atoms with E-state index in [-0.39, 0.29) is 12.2 Å². The van der Waals surface area contributed by atoms with E-state index in [1.807, 2.05) is 6.07 Å². The van der Waals surface area contributed by atoms with E-state index in [4.69, 9.17) is 5.73 Å². The van der Waals surface area contributed by atoms with Crippen molar-refractivity contribution in [1.29, 1.82) is 5.26 Å². The lowest BCUT2D eigenvalue weighted by atomic mass is 10.1. The fourth-order valence-electron chi connectivity index (χ4n) is 2.31. The molecule has 0 radical (unpaired) electrons. The summed E-state index contributed by atoms with van der Waals surface area (Å²) in [6, 6.07) is 11.0. The molecule has 21 heavy (non-hydrogen) atoms. The molecule has 0 aliphatic carbocycles. The van der Waals surface area contributed by atoms with Crippen LogP contribution in [-0.4, -0.2) is 14.7 Å². The van der Waals surface area contributed by atoms with Gasteiger partial charge in [0.15, 0.2) is 0 Å². The number of aliphatic hydroxyl groups excluding tert-OH is 1. The average Bonchev–Trinajstić information content (AvgIpc) is 2.84. The van der Waals surface area contributed by atoms with Gasteiger partial charge in [0.05, 0.1) is 22.3 Å². The third-order valence-corrected chi connectivity index (χ3v) is 3.21. The number of fused-ring (bicyclic) bond motifs is 1. The van der Waals surface area contributed by atoms with Gasteiger partial charge in [-0.2, -0.15) is 5.26 Å². The highest BCUT2D eigenvalue weighted by atomic mass is 19.1. The molecular formula is C15H11FN4O. The molecule has 3 aromatic rings. The molecule has 0 aliphatic heterocycles. The maximum atomic E-state index is 13.3. The smallest absolute Gasteiger partial charge is 0.140 e. The van der Waals surface area contributed by atoms with E-state index in [1.165, 1.54) is 12.1 Å². The van der Waals surface area contributed by atoms with Crippen LogP contribution < -0.4 is 5.73 Å². The number of nitrogens with two attached hydrogens (primary N) is 1. The second kappa shape index (κ2) is 4.89. The molecule has 0 aliphatic rings. The summed E-state index contributed by atoms with van der Waals surface area (Å²) in [4.78, 5) is 4.30. The summed E-state index contributed by atoms with van der Waals surface area (Å²) < 4.78 is 14.9. The number of nitrogens with zero attached hydrogens (tertiary/aromatic N) is 3. The fraction of sp³-hybridized carbons (Fsp3) is 0.0667. The topological polar surface area (TPSA) is 87.9 Å². The van der Waals surface area contributed by atoms with Crippen molar-refractivity contribution in [2.75, 3.05) is 5.73 Å². The minimum Gasteiger partial charge on any atom is -0.399 e. The van der Waals surface area contributed by atoms with Crippen molar-refractivity contribution in [2.45, 2.75) is 6.61 Å². The van der Waals surface area contributed by atoms with E-state index in [0.717, 1.165) is 6.07 Å². The van der Waals surface area contributed by atoms with Crippen molar-refractivity contribution in [3.05, 3.63) is 53.6 Å². The fourth-order valence-corrected chi connectivity index (χ4v) is 2.31. The zero-order valence-corrected chi connectivity index (χ0v) is 10.9. The molecule has 0 amide bonds. The summed E-state index contributed by atoms with van der Waals surface area (Å²) >= 11 is 0. The number of halogens is 1. The van der Waals surface area contributed by atoms with Crippen molar-refractivity contribution in [2.24, 2.45) is 0 Å². The molecular weight excluding hydrogens is 271 g/mol. The van der Waals surface area contributed by atoms with E-state index in [1.54, 1.807) is 22.8 Å². The quantitative estimate of drug-likeness (QED) is 0.705. The van der Waals surface area contributed by atoms with E-state index in [0.29, 0.717) is 28.2 Å². The molecule has 3 N–H and O–H groups in total. The van der Waals surface area contributed by atoms with Gasteiger partial charge in [-0.15, -0.1) is 0 Å². The molecule has 104 valence electrons. The van der Waals surface area contributed by atoms with Gasteiger partial charge in [-0.1, -0.05) is 0 Å². The van der Waals surface area contributed by atoms with Crippen LogP contribution in [0, 0.1) is 17.1 Å². The molecule has 0 unspecified atom stereocenters. The van der Waals surface area contributed by atoms with Gasteiger partial charge in [0.25, 0.3) is 0 Å². The summed E-state index contributed by atoms with van der Waals surface area (Å²) in [5.41, 5.74) is 8.21. The Labute approximate surface area is 119 Å². The number of rotatable bonds is 2. The Bertz CT molecular complexity index is 879. The monoisotopic (exact) mass is 282 g/mol. The molecule has 6 heteroatoms. The Morgan fingerprint density at radius 1 is 1.29 bits per heavy atom. The van der Waals surface area contributed by atoms with Crippen molar-refractivity contribution in [3.63, 3.8) is 0 Å². The zero-order chi connectivity index (χ0) is 15.0. The zero-order valence-electron chi connectivity index (χ0n) is 10.9. The van der Waals surface area contributed by atoms with Gasteiger partial charge in [-0.25, -0.2) is 9.37 Å². The molecule has 0 fully saturated rings. The minimum absolute atomic E-state index is 0.167. The Kier molecular flexibility index (Phi) is 3.05. The Morgan fingerprint density at radius 3 is 2.81 bits per heavy atom. The average molecular weight is 282 g/mol. The molecule has 0 saturated heterocycles. The second-order valence-electron chi connectivity index (χ2n) is 4.54. The number of aliphatic hydroxyl groups is 1. The summed E-state index contributed by atoms with van der Waals surface area (Å²) in [7, 11) is 0. The first-order valence-corrected chi connectivity index (χ1v) is 6.22. The largest absolute Gasteiger partial charge is 0.399 e. The van der Waals surface area contributed by atoms with Crippen LogP contribution in [0.5, 0.6) is 0 Å².